The fraction of sp³-hybridized carbons (Fsp3) is 0.524. The lowest BCUT2D eigenvalue weighted by Gasteiger charge is -2.22. The van der Waals surface area contributed by atoms with Gasteiger partial charge in [0.2, 0.25) is 5.91 Å². The maximum atomic E-state index is 12.6. The van der Waals surface area contributed by atoms with Crippen LogP contribution in [0.25, 0.3) is 11.2 Å². The molecule has 0 bridgehead atoms. The van der Waals surface area contributed by atoms with Gasteiger partial charge in [0.1, 0.15) is 42.4 Å². The number of amides is 1. The SMILES string of the molecule is NC(=O)[C@H]1C=[N+]([C@@H]2O[C@@H](COP(=O)(O)OP(=O)(O)OC[C@@H]3O[C@@H](n4cnc5c(N)ncnc54)[C@H](OP(=O)(O)O)[C@H]3O)[C@H](O)[C@H]2O)C=CC1=O. The summed E-state index contributed by atoms with van der Waals surface area (Å²) < 4.78 is 68.1. The second kappa shape index (κ2) is 14.0. The summed E-state index contributed by atoms with van der Waals surface area (Å²) in [5, 5.41) is 31.5. The first-order valence-electron chi connectivity index (χ1n) is 13.6. The minimum absolute atomic E-state index is 0.00852. The maximum Gasteiger partial charge on any atom is 0.481 e. The summed E-state index contributed by atoms with van der Waals surface area (Å²) in [7, 11) is -16.4. The summed E-state index contributed by atoms with van der Waals surface area (Å²) in [6.07, 6.45) is -8.30. The number of allylic oxidation sites excluding steroid dienone is 1. The molecule has 3 aliphatic rings. The molecule has 5 rings (SSSR count). The van der Waals surface area contributed by atoms with E-state index >= 15 is 0 Å². The van der Waals surface area contributed by atoms with E-state index in [1.807, 2.05) is 0 Å². The van der Waals surface area contributed by atoms with Crippen molar-refractivity contribution in [2.24, 2.45) is 11.7 Å². The molecule has 11 N–H and O–H groups in total. The number of phosphoric acid groups is 3. The van der Waals surface area contributed by atoms with Crippen molar-refractivity contribution in [2.75, 3.05) is 18.9 Å². The van der Waals surface area contributed by atoms with Crippen molar-refractivity contribution in [2.45, 2.75) is 49.1 Å². The van der Waals surface area contributed by atoms with Crippen molar-refractivity contribution >= 4 is 58.4 Å². The molecule has 49 heavy (non-hydrogen) atoms. The summed E-state index contributed by atoms with van der Waals surface area (Å²) in [4.78, 5) is 74.0. The van der Waals surface area contributed by atoms with Gasteiger partial charge in [0.05, 0.1) is 19.5 Å². The van der Waals surface area contributed by atoms with Gasteiger partial charge >= 0.3 is 23.5 Å². The molecule has 0 aliphatic carbocycles. The number of nitrogens with two attached hydrogens (primary N) is 2. The number of imidazole rings is 1. The Morgan fingerprint density at radius 3 is 2.20 bits per heavy atom. The molecule has 3 aliphatic heterocycles. The van der Waals surface area contributed by atoms with Crippen LogP contribution in [0.1, 0.15) is 6.23 Å². The first-order valence-corrected chi connectivity index (χ1v) is 18.1. The van der Waals surface area contributed by atoms with Crippen LogP contribution in [0.5, 0.6) is 0 Å². The van der Waals surface area contributed by atoms with Crippen molar-refractivity contribution < 1.29 is 90.1 Å². The number of ether oxygens (including phenoxy) is 2. The molecule has 5 heterocycles. The number of nitrogens with zero attached hydrogens (tertiary/aromatic N) is 5. The van der Waals surface area contributed by atoms with Gasteiger partial charge in [-0.15, -0.1) is 0 Å². The van der Waals surface area contributed by atoms with Gasteiger partial charge in [-0.3, -0.25) is 27.7 Å². The van der Waals surface area contributed by atoms with Gasteiger partial charge in [-0.1, -0.05) is 0 Å². The molecule has 2 aromatic heterocycles. The predicted molar refractivity (Wildman–Crippen MR) is 153 cm³/mol. The van der Waals surface area contributed by atoms with Crippen molar-refractivity contribution in [3.8, 4) is 0 Å². The lowest BCUT2D eigenvalue weighted by molar-refractivity contribution is -0.560. The fourth-order valence-electron chi connectivity index (χ4n) is 4.98. The number of fused-ring (bicyclic) bond motifs is 1. The van der Waals surface area contributed by atoms with Crippen LogP contribution in [-0.2, 0) is 50.6 Å². The molecule has 2 fully saturated rings. The average Bonchev–Trinajstić information content (AvgIpc) is 3.64. The van der Waals surface area contributed by atoms with Crippen molar-refractivity contribution in [3.63, 3.8) is 0 Å². The summed E-state index contributed by atoms with van der Waals surface area (Å²) in [6.45, 7) is -2.11. The number of primary amides is 1. The minimum Gasteiger partial charge on any atom is -0.387 e. The highest BCUT2D eigenvalue weighted by Crippen LogP contribution is 2.61. The van der Waals surface area contributed by atoms with E-state index in [2.05, 4.69) is 32.8 Å². The number of hydrogen-bond acceptors (Lipinski definition) is 18. The standard InChI is InChI=1S/C21H28N7O18P3/c22-17-12-19(25-6-24-17)28(7-26-12)21-16(45-47(34,35)36)14(31)11(44-21)5-42-49(39,40)46-48(37,38)41-4-10-13(30)15(32)20(43-10)27-2-1-9(29)8(3-27)18(23)33/h1-3,6-8,10-11,13-16,20-21,30-32H,4-5H2,(H7-,22,23,24,25,33,34,35,36,37,38,39,40)/p+1/t8-,10-,11-,13-,14-,15+,16+,20+,21+/m0/s1. The second-order valence-electron chi connectivity index (χ2n) is 10.6. The molecule has 2 unspecified atom stereocenters. The Bertz CT molecular complexity index is 1820. The monoisotopic (exact) mass is 760 g/mol. The first kappa shape index (κ1) is 37.3. The molecule has 1 amide bonds. The van der Waals surface area contributed by atoms with E-state index in [9.17, 15) is 58.2 Å². The number of aliphatic hydroxyl groups is 3. The Morgan fingerprint density at radius 2 is 1.59 bits per heavy atom. The van der Waals surface area contributed by atoms with Crippen LogP contribution >= 0.6 is 23.5 Å². The zero-order valence-electron chi connectivity index (χ0n) is 24.4. The fourth-order valence-corrected chi connectivity index (χ4v) is 7.61. The Morgan fingerprint density at radius 1 is 0.959 bits per heavy atom. The molecule has 28 heteroatoms. The zero-order valence-corrected chi connectivity index (χ0v) is 27.0. The molecule has 2 aromatic rings. The number of rotatable bonds is 13. The topological polar surface area (TPSA) is 381 Å². The molecular formula is C21H29N7O18P3+. The third-order valence-electron chi connectivity index (χ3n) is 7.22. The Hall–Kier alpha value is -2.93. The average molecular weight is 760 g/mol. The smallest absolute Gasteiger partial charge is 0.387 e. The van der Waals surface area contributed by atoms with E-state index in [4.69, 9.17) is 20.9 Å². The van der Waals surface area contributed by atoms with Gasteiger partial charge in [-0.05, 0) is 0 Å². The van der Waals surface area contributed by atoms with Crippen LogP contribution in [0.15, 0.2) is 24.9 Å². The highest BCUT2D eigenvalue weighted by molar-refractivity contribution is 7.61. The normalized spacial score (nSPS) is 33.0. The van der Waals surface area contributed by atoms with Crippen LogP contribution in [0.2, 0.25) is 0 Å². The number of carbonyl (C=O) groups excluding carboxylic acids is 2. The molecule has 0 radical (unpaired) electrons. The van der Waals surface area contributed by atoms with Gasteiger partial charge in [0.25, 0.3) is 6.23 Å². The molecule has 2 saturated heterocycles. The lowest BCUT2D eigenvalue weighted by atomic mass is 10.0. The van der Waals surface area contributed by atoms with E-state index in [0.717, 1.165) is 40.3 Å². The molecule has 270 valence electrons. The third-order valence-corrected chi connectivity index (χ3v) is 10.3. The van der Waals surface area contributed by atoms with Crippen LogP contribution in [-0.4, -0.2) is 133 Å². The number of phosphoric ester groups is 3. The molecule has 0 saturated carbocycles. The molecule has 11 atom stereocenters. The Balaban J connectivity index is 1.20. The Labute approximate surface area is 272 Å². The number of aromatic nitrogens is 4. The van der Waals surface area contributed by atoms with E-state index < -0.39 is 103 Å². The number of ketones is 1. The van der Waals surface area contributed by atoms with E-state index in [1.54, 1.807) is 0 Å². The Kier molecular flexibility index (Phi) is 10.7. The number of aliphatic hydroxyl groups excluding tert-OH is 3. The number of hydrogen-bond donors (Lipinski definition) is 9. The van der Waals surface area contributed by atoms with Gasteiger partial charge in [-0.2, -0.15) is 8.89 Å². The predicted octanol–water partition coefficient (Wildman–Crippen LogP) is -3.88. The van der Waals surface area contributed by atoms with Crippen LogP contribution in [0.4, 0.5) is 5.82 Å². The summed E-state index contributed by atoms with van der Waals surface area (Å²) in [5.41, 5.74) is 11.0. The van der Waals surface area contributed by atoms with E-state index in [0.29, 0.717) is 0 Å². The van der Waals surface area contributed by atoms with Crippen LogP contribution in [0.3, 0.4) is 0 Å². The minimum atomic E-state index is -5.55. The lowest BCUT2D eigenvalue weighted by Crippen LogP contribution is -2.42. The third kappa shape index (κ3) is 8.35. The van der Waals surface area contributed by atoms with Crippen molar-refractivity contribution in [3.05, 3.63) is 24.9 Å². The molecule has 0 spiro atoms. The van der Waals surface area contributed by atoms with Crippen molar-refractivity contribution in [1.29, 1.82) is 0 Å². The highest BCUT2D eigenvalue weighted by atomic mass is 31.3. The number of anilines is 1. The summed E-state index contributed by atoms with van der Waals surface area (Å²) in [6, 6.07) is 0. The van der Waals surface area contributed by atoms with Gasteiger partial charge in [0.15, 0.2) is 47.9 Å². The van der Waals surface area contributed by atoms with E-state index in [1.165, 1.54) is 0 Å². The molecular weight excluding hydrogens is 731 g/mol. The maximum absolute atomic E-state index is 12.6. The second-order valence-corrected chi connectivity index (χ2v) is 14.8. The quantitative estimate of drug-likeness (QED) is 0.0535. The summed E-state index contributed by atoms with van der Waals surface area (Å²) >= 11 is 0. The van der Waals surface area contributed by atoms with Gasteiger partial charge in [0, 0.05) is 6.08 Å². The first-order chi connectivity index (χ1) is 22.8. The molecule has 25 nitrogen and oxygen atoms in total. The highest BCUT2D eigenvalue weighted by Gasteiger charge is 2.52. The van der Waals surface area contributed by atoms with Gasteiger partial charge in [-0.25, -0.2) is 28.6 Å². The van der Waals surface area contributed by atoms with Crippen LogP contribution in [0, 0.1) is 5.92 Å². The number of nitrogen functional groups attached to an aromatic ring is 1. The van der Waals surface area contributed by atoms with Gasteiger partial charge < -0.3 is 55.8 Å². The van der Waals surface area contributed by atoms with E-state index in [-0.39, 0.29) is 17.0 Å². The largest absolute Gasteiger partial charge is 0.481 e. The number of carbonyl (C=O) groups is 2. The van der Waals surface area contributed by atoms with Crippen molar-refractivity contribution in [1.82, 2.24) is 19.5 Å². The summed E-state index contributed by atoms with van der Waals surface area (Å²) in [5.74, 6) is -3.12. The molecule has 0 aromatic carbocycles. The van der Waals surface area contributed by atoms with Crippen LogP contribution < -0.4 is 11.5 Å². The zero-order chi connectivity index (χ0) is 36.1.